The lowest BCUT2D eigenvalue weighted by Gasteiger charge is -2.07. The fraction of sp³-hybridized carbons (Fsp3) is 0.333. The van der Waals surface area contributed by atoms with Crippen LogP contribution < -0.4 is 15.7 Å². The second kappa shape index (κ2) is 5.66. The number of thiophene rings is 1. The molecule has 4 rings (SSSR count). The average molecular weight is 384 g/mol. The van der Waals surface area contributed by atoms with Gasteiger partial charge in [0.05, 0.1) is 5.69 Å². The van der Waals surface area contributed by atoms with Gasteiger partial charge in [-0.1, -0.05) is 0 Å². The number of halogens is 3. The molecule has 0 spiro atoms. The third-order valence-corrected chi connectivity index (χ3v) is 5.13. The van der Waals surface area contributed by atoms with Gasteiger partial charge in [-0.2, -0.15) is 13.2 Å². The summed E-state index contributed by atoms with van der Waals surface area (Å²) in [5, 5.41) is 6.67. The molecule has 1 fully saturated rings. The maximum atomic E-state index is 12.9. The van der Waals surface area contributed by atoms with Gasteiger partial charge < -0.3 is 5.73 Å². The Hall–Kier alpha value is -2.69. The van der Waals surface area contributed by atoms with E-state index in [2.05, 4.69) is 15.6 Å². The van der Waals surface area contributed by atoms with Crippen molar-refractivity contribution in [1.82, 2.24) is 10.3 Å². The van der Waals surface area contributed by atoms with Crippen molar-refractivity contribution in [3.63, 3.8) is 0 Å². The molecule has 0 radical (unpaired) electrons. The summed E-state index contributed by atoms with van der Waals surface area (Å²) in [5.74, 6) is -0.447. The maximum Gasteiger partial charge on any atom is 0.433 e. The van der Waals surface area contributed by atoms with Crippen molar-refractivity contribution >= 4 is 39.0 Å². The standard InChI is InChI=1S/C15H12F3N5O2S/c1-6-4-8(15(16,17)18)20-14-10(6)11(19)12(26-14)13(24)21-9-5-23(22-25-9)7-2-3-7/h4-5,7H,2-3H2,1H3,(H2-,19,21,22,24)/p+1. The average Bonchev–Trinajstić information content (AvgIpc) is 3.21. The molecule has 1 amide bonds. The van der Waals surface area contributed by atoms with Gasteiger partial charge in [-0.05, 0) is 23.2 Å². The molecule has 0 unspecified atom stereocenters. The van der Waals surface area contributed by atoms with E-state index in [0.29, 0.717) is 10.9 Å². The largest absolute Gasteiger partial charge is 0.433 e. The maximum absolute atomic E-state index is 12.9. The van der Waals surface area contributed by atoms with E-state index in [9.17, 15) is 18.0 Å². The Bertz CT molecular complexity index is 1020. The highest BCUT2D eigenvalue weighted by Crippen LogP contribution is 2.38. The lowest BCUT2D eigenvalue weighted by atomic mass is 10.1. The molecule has 1 aliphatic rings. The zero-order valence-electron chi connectivity index (χ0n) is 13.4. The quantitative estimate of drug-likeness (QED) is 0.677. The second-order valence-corrected chi connectivity index (χ2v) is 7.08. The van der Waals surface area contributed by atoms with Gasteiger partial charge in [0, 0.05) is 18.2 Å². The summed E-state index contributed by atoms with van der Waals surface area (Å²) in [4.78, 5) is 16.2. The molecule has 0 aliphatic heterocycles. The van der Waals surface area contributed by atoms with E-state index in [1.807, 2.05) is 0 Å². The number of hydrogen-bond acceptors (Lipinski definition) is 6. The summed E-state index contributed by atoms with van der Waals surface area (Å²) in [6, 6.07) is 1.20. The summed E-state index contributed by atoms with van der Waals surface area (Å²) in [6.45, 7) is 1.50. The van der Waals surface area contributed by atoms with Crippen LogP contribution in [0, 0.1) is 6.92 Å². The second-order valence-electron chi connectivity index (χ2n) is 6.08. The van der Waals surface area contributed by atoms with E-state index in [-0.39, 0.29) is 27.3 Å². The number of aromatic nitrogens is 3. The lowest BCUT2D eigenvalue weighted by molar-refractivity contribution is -0.765. The van der Waals surface area contributed by atoms with Crippen molar-refractivity contribution in [3.05, 3.63) is 28.4 Å². The van der Waals surface area contributed by atoms with Crippen LogP contribution in [0.5, 0.6) is 0 Å². The smallest absolute Gasteiger partial charge is 0.397 e. The van der Waals surface area contributed by atoms with Gasteiger partial charge in [-0.3, -0.25) is 14.6 Å². The SMILES string of the molecule is Cc1cc(C(F)(F)F)nc2sc(C(=O)Nc3c[n+](C4CC4)no3)c(N)c12. The van der Waals surface area contributed by atoms with Crippen LogP contribution in [0.3, 0.4) is 0 Å². The number of amides is 1. The van der Waals surface area contributed by atoms with Crippen LogP contribution in [-0.2, 0) is 6.18 Å². The van der Waals surface area contributed by atoms with Crippen LogP contribution in [0.15, 0.2) is 16.8 Å². The molecule has 1 saturated carbocycles. The van der Waals surface area contributed by atoms with Crippen molar-refractivity contribution in [2.45, 2.75) is 32.0 Å². The highest BCUT2D eigenvalue weighted by atomic mass is 32.1. The van der Waals surface area contributed by atoms with Crippen molar-refractivity contribution < 1.29 is 27.2 Å². The Morgan fingerprint density at radius 1 is 1.46 bits per heavy atom. The van der Waals surface area contributed by atoms with Gasteiger partial charge in [0.15, 0.2) is 6.04 Å². The van der Waals surface area contributed by atoms with Gasteiger partial charge in [0.1, 0.15) is 15.4 Å². The summed E-state index contributed by atoms with van der Waals surface area (Å²) in [7, 11) is 0. The predicted molar refractivity (Wildman–Crippen MR) is 86.7 cm³/mol. The number of pyridine rings is 1. The molecule has 3 aromatic heterocycles. The minimum Gasteiger partial charge on any atom is -0.397 e. The molecule has 3 heterocycles. The van der Waals surface area contributed by atoms with Crippen molar-refractivity contribution in [2.24, 2.45) is 0 Å². The normalized spacial score (nSPS) is 14.8. The Balaban J connectivity index is 1.67. The van der Waals surface area contributed by atoms with E-state index in [1.165, 1.54) is 6.92 Å². The minimum absolute atomic E-state index is 0.0607. The Morgan fingerprint density at radius 2 is 2.19 bits per heavy atom. The summed E-state index contributed by atoms with van der Waals surface area (Å²) in [6.07, 6.45) is -1.01. The zero-order chi connectivity index (χ0) is 18.6. The van der Waals surface area contributed by atoms with E-state index >= 15 is 0 Å². The van der Waals surface area contributed by atoms with Crippen LogP contribution in [-0.4, -0.2) is 16.2 Å². The van der Waals surface area contributed by atoms with Crippen LogP contribution in [0.25, 0.3) is 10.2 Å². The molecule has 26 heavy (non-hydrogen) atoms. The number of hydrogen-bond donors (Lipinski definition) is 2. The molecule has 0 aromatic carbocycles. The number of aryl methyl sites for hydroxylation is 1. The highest BCUT2D eigenvalue weighted by molar-refractivity contribution is 7.21. The van der Waals surface area contributed by atoms with E-state index in [0.717, 1.165) is 30.2 Å². The van der Waals surface area contributed by atoms with Crippen LogP contribution in [0.4, 0.5) is 24.7 Å². The van der Waals surface area contributed by atoms with Crippen molar-refractivity contribution in [3.8, 4) is 0 Å². The number of nitrogens with zero attached hydrogens (tertiary/aromatic N) is 3. The molecule has 136 valence electrons. The lowest BCUT2D eigenvalue weighted by Crippen LogP contribution is -2.32. The topological polar surface area (TPSA) is 97.9 Å². The molecule has 3 aromatic rings. The third-order valence-electron chi connectivity index (χ3n) is 4.03. The molecular formula is C15H13F3N5O2S+. The molecular weight excluding hydrogens is 371 g/mol. The number of nitrogen functional groups attached to an aromatic ring is 1. The van der Waals surface area contributed by atoms with E-state index in [1.54, 1.807) is 10.9 Å². The molecule has 0 saturated heterocycles. The van der Waals surface area contributed by atoms with E-state index in [4.69, 9.17) is 10.3 Å². The molecule has 3 N–H and O–H groups in total. The Kier molecular flexibility index (Phi) is 3.65. The van der Waals surface area contributed by atoms with E-state index < -0.39 is 17.8 Å². The van der Waals surface area contributed by atoms with Gasteiger partial charge >= 0.3 is 12.1 Å². The van der Waals surface area contributed by atoms with Crippen LogP contribution in [0.2, 0.25) is 0 Å². The zero-order valence-corrected chi connectivity index (χ0v) is 14.2. The van der Waals surface area contributed by atoms with Crippen LogP contribution >= 0.6 is 11.3 Å². The van der Waals surface area contributed by atoms with Gasteiger partial charge in [0.2, 0.25) is 5.27 Å². The minimum atomic E-state index is -4.57. The fourth-order valence-corrected chi connectivity index (χ4v) is 3.68. The highest BCUT2D eigenvalue weighted by Gasteiger charge is 2.36. The first-order valence-corrected chi connectivity index (χ1v) is 8.52. The number of fused-ring (bicyclic) bond motifs is 1. The number of anilines is 2. The Labute approximate surface area is 148 Å². The number of carbonyl (C=O) groups excluding carboxylic acids is 1. The first kappa shape index (κ1) is 16.8. The number of nitrogens with two attached hydrogens (primary N) is 1. The predicted octanol–water partition coefficient (Wildman–Crippen LogP) is 3.07. The third kappa shape index (κ3) is 2.87. The number of rotatable bonds is 3. The number of nitrogens with one attached hydrogen (secondary N) is 1. The van der Waals surface area contributed by atoms with Crippen LogP contribution in [0.1, 0.15) is 39.8 Å². The molecule has 11 heteroatoms. The summed E-state index contributed by atoms with van der Waals surface area (Å²) < 4.78 is 45.5. The first-order valence-electron chi connectivity index (χ1n) is 7.70. The Morgan fingerprint density at radius 3 is 2.85 bits per heavy atom. The summed E-state index contributed by atoms with van der Waals surface area (Å²) in [5.41, 5.74) is 5.38. The molecule has 7 nitrogen and oxygen atoms in total. The molecule has 0 bridgehead atoms. The van der Waals surface area contributed by atoms with Gasteiger partial charge in [-0.15, -0.1) is 11.3 Å². The summed E-state index contributed by atoms with van der Waals surface area (Å²) >= 11 is 0.804. The molecule has 1 aliphatic carbocycles. The van der Waals surface area contributed by atoms with Crippen molar-refractivity contribution in [1.29, 1.82) is 0 Å². The van der Waals surface area contributed by atoms with Gasteiger partial charge in [0.25, 0.3) is 12.1 Å². The number of carbonyl (C=O) groups is 1. The van der Waals surface area contributed by atoms with Gasteiger partial charge in [-0.25, -0.2) is 4.98 Å². The molecule has 0 atom stereocenters. The monoisotopic (exact) mass is 384 g/mol. The van der Waals surface area contributed by atoms with Crippen molar-refractivity contribution in [2.75, 3.05) is 11.1 Å². The fourth-order valence-electron chi connectivity index (χ4n) is 2.62. The first-order chi connectivity index (χ1) is 12.2. The number of alkyl halides is 3.